The first-order valence-corrected chi connectivity index (χ1v) is 6.74. The van der Waals surface area contributed by atoms with Gasteiger partial charge in [-0.2, -0.15) is 0 Å². The summed E-state index contributed by atoms with van der Waals surface area (Å²) in [5.41, 5.74) is 0.948. The fourth-order valence-electron chi connectivity index (χ4n) is 3.20. The van der Waals surface area contributed by atoms with Crippen molar-refractivity contribution < 1.29 is 4.92 Å². The van der Waals surface area contributed by atoms with Crippen LogP contribution < -0.4 is 10.2 Å². The highest BCUT2D eigenvalue weighted by Gasteiger charge is 2.35. The Kier molecular flexibility index (Phi) is 3.10. The zero-order valence-corrected chi connectivity index (χ0v) is 11.0. The average Bonchev–Trinajstić information content (AvgIpc) is 2.81. The quantitative estimate of drug-likeness (QED) is 0.645. The molecular formula is C13H18N4O2. The van der Waals surface area contributed by atoms with Crippen molar-refractivity contribution in [3.63, 3.8) is 0 Å². The van der Waals surface area contributed by atoms with Gasteiger partial charge in [-0.15, -0.1) is 0 Å². The average molecular weight is 262 g/mol. The van der Waals surface area contributed by atoms with Gasteiger partial charge in [0.2, 0.25) is 0 Å². The highest BCUT2D eigenvalue weighted by atomic mass is 16.6. The predicted octanol–water partition coefficient (Wildman–Crippen LogP) is 1.49. The van der Waals surface area contributed by atoms with E-state index in [1.807, 2.05) is 6.92 Å². The summed E-state index contributed by atoms with van der Waals surface area (Å²) >= 11 is 0. The molecule has 2 aliphatic rings. The van der Waals surface area contributed by atoms with Crippen LogP contribution in [0.5, 0.6) is 0 Å². The monoisotopic (exact) mass is 262 g/mol. The maximum absolute atomic E-state index is 10.7. The lowest BCUT2D eigenvalue weighted by Crippen LogP contribution is -2.40. The summed E-state index contributed by atoms with van der Waals surface area (Å²) in [6.07, 6.45) is 3.86. The molecule has 0 unspecified atom stereocenters. The first-order chi connectivity index (χ1) is 9.15. The minimum absolute atomic E-state index is 0.0657. The summed E-state index contributed by atoms with van der Waals surface area (Å²) in [5, 5.41) is 14.3. The van der Waals surface area contributed by atoms with E-state index in [0.29, 0.717) is 12.0 Å². The van der Waals surface area contributed by atoms with Gasteiger partial charge in [0.15, 0.2) is 0 Å². The van der Waals surface area contributed by atoms with E-state index < -0.39 is 4.92 Å². The highest BCUT2D eigenvalue weighted by Crippen LogP contribution is 2.30. The van der Waals surface area contributed by atoms with Gasteiger partial charge in [-0.1, -0.05) is 0 Å². The Labute approximate surface area is 112 Å². The van der Waals surface area contributed by atoms with E-state index in [4.69, 9.17) is 0 Å². The van der Waals surface area contributed by atoms with Crippen molar-refractivity contribution in [2.45, 2.75) is 25.8 Å². The van der Waals surface area contributed by atoms with E-state index in [-0.39, 0.29) is 5.69 Å². The van der Waals surface area contributed by atoms with Crippen LogP contribution in [0.1, 0.15) is 18.4 Å². The zero-order chi connectivity index (χ0) is 13.4. The summed E-state index contributed by atoms with van der Waals surface area (Å²) in [7, 11) is 0. The molecule has 102 valence electrons. The van der Waals surface area contributed by atoms with E-state index in [1.54, 1.807) is 6.07 Å². The number of rotatable bonds is 2. The van der Waals surface area contributed by atoms with Crippen LogP contribution >= 0.6 is 0 Å². The number of nitro groups is 1. The fourth-order valence-corrected chi connectivity index (χ4v) is 3.20. The number of aromatic nitrogens is 1. The lowest BCUT2D eigenvalue weighted by molar-refractivity contribution is -0.385. The van der Waals surface area contributed by atoms with E-state index in [1.165, 1.54) is 19.0 Å². The summed E-state index contributed by atoms with van der Waals surface area (Å²) in [6.45, 7) is 4.95. The van der Waals surface area contributed by atoms with Crippen molar-refractivity contribution in [3.05, 3.63) is 27.9 Å². The summed E-state index contributed by atoms with van der Waals surface area (Å²) < 4.78 is 0. The number of anilines is 1. The Morgan fingerprint density at radius 2 is 2.37 bits per heavy atom. The molecule has 0 aliphatic carbocycles. The number of hydrogen-bond donors (Lipinski definition) is 1. The van der Waals surface area contributed by atoms with Crippen LogP contribution in [0.2, 0.25) is 0 Å². The Morgan fingerprint density at radius 3 is 3.05 bits per heavy atom. The van der Waals surface area contributed by atoms with Crippen LogP contribution in [-0.4, -0.2) is 35.6 Å². The van der Waals surface area contributed by atoms with E-state index in [0.717, 1.165) is 31.0 Å². The highest BCUT2D eigenvalue weighted by molar-refractivity contribution is 5.51. The van der Waals surface area contributed by atoms with Gasteiger partial charge in [0, 0.05) is 25.2 Å². The third-order valence-corrected chi connectivity index (χ3v) is 4.15. The van der Waals surface area contributed by atoms with E-state index in [9.17, 15) is 10.1 Å². The molecule has 0 amide bonds. The summed E-state index contributed by atoms with van der Waals surface area (Å²) in [5.74, 6) is 1.58. The van der Waals surface area contributed by atoms with Crippen LogP contribution in [0.3, 0.4) is 0 Å². The van der Waals surface area contributed by atoms with Gasteiger partial charge >= 0.3 is 0 Å². The molecule has 1 N–H and O–H groups in total. The standard InChI is InChI=1S/C13H18N4O2/c1-9-5-11(17(18)19)6-15-13(9)16-7-10-3-2-4-14-12(10)8-16/h5-6,10,12,14H,2-4,7-8H2,1H3/t10-,12+/m0/s1. The second-order valence-corrected chi connectivity index (χ2v) is 5.46. The lowest BCUT2D eigenvalue weighted by atomic mass is 9.94. The number of fused-ring (bicyclic) bond motifs is 1. The van der Waals surface area contributed by atoms with E-state index in [2.05, 4.69) is 15.2 Å². The van der Waals surface area contributed by atoms with Gasteiger partial charge in [0.1, 0.15) is 12.0 Å². The second kappa shape index (κ2) is 4.77. The molecular weight excluding hydrogens is 244 g/mol. The molecule has 1 aromatic rings. The van der Waals surface area contributed by atoms with Crippen molar-refractivity contribution in [1.82, 2.24) is 10.3 Å². The SMILES string of the molecule is Cc1cc([N+](=O)[O-])cnc1N1C[C@@H]2CCCN[C@@H]2C1. The maximum atomic E-state index is 10.7. The molecule has 0 radical (unpaired) electrons. The molecule has 3 heterocycles. The van der Waals surface area contributed by atoms with Crippen LogP contribution in [-0.2, 0) is 0 Å². The number of piperidine rings is 1. The summed E-state index contributed by atoms with van der Waals surface area (Å²) in [4.78, 5) is 16.9. The predicted molar refractivity (Wildman–Crippen MR) is 72.4 cm³/mol. The number of aryl methyl sites for hydroxylation is 1. The molecule has 3 rings (SSSR count). The molecule has 6 nitrogen and oxygen atoms in total. The molecule has 0 spiro atoms. The minimum Gasteiger partial charge on any atom is -0.354 e. The Morgan fingerprint density at radius 1 is 1.53 bits per heavy atom. The fraction of sp³-hybridized carbons (Fsp3) is 0.615. The van der Waals surface area contributed by atoms with Gasteiger partial charge in [-0.3, -0.25) is 10.1 Å². The normalized spacial score (nSPS) is 26.3. The lowest BCUT2D eigenvalue weighted by Gasteiger charge is -2.24. The molecule has 2 aliphatic heterocycles. The van der Waals surface area contributed by atoms with Crippen LogP contribution in [0.4, 0.5) is 11.5 Å². The van der Waals surface area contributed by atoms with E-state index >= 15 is 0 Å². The molecule has 0 saturated carbocycles. The van der Waals surface area contributed by atoms with Crippen molar-refractivity contribution in [1.29, 1.82) is 0 Å². The third kappa shape index (κ3) is 2.28. The Bertz CT molecular complexity index is 491. The van der Waals surface area contributed by atoms with Gasteiger partial charge in [-0.25, -0.2) is 4.98 Å². The minimum atomic E-state index is -0.394. The van der Waals surface area contributed by atoms with Gasteiger partial charge in [-0.05, 0) is 37.8 Å². The van der Waals surface area contributed by atoms with Crippen molar-refractivity contribution >= 4 is 11.5 Å². The number of hydrogen-bond acceptors (Lipinski definition) is 5. The smallest absolute Gasteiger partial charge is 0.287 e. The van der Waals surface area contributed by atoms with Crippen LogP contribution in [0.15, 0.2) is 12.3 Å². The largest absolute Gasteiger partial charge is 0.354 e. The molecule has 2 atom stereocenters. The molecule has 1 aromatic heterocycles. The van der Waals surface area contributed by atoms with Crippen molar-refractivity contribution in [2.75, 3.05) is 24.5 Å². The van der Waals surface area contributed by atoms with Crippen molar-refractivity contribution in [2.24, 2.45) is 5.92 Å². The van der Waals surface area contributed by atoms with Crippen LogP contribution in [0, 0.1) is 23.0 Å². The Hall–Kier alpha value is -1.69. The third-order valence-electron chi connectivity index (χ3n) is 4.15. The molecule has 2 fully saturated rings. The second-order valence-electron chi connectivity index (χ2n) is 5.46. The van der Waals surface area contributed by atoms with Crippen LogP contribution in [0.25, 0.3) is 0 Å². The molecule has 0 aromatic carbocycles. The van der Waals surface area contributed by atoms with Gasteiger partial charge in [0.25, 0.3) is 5.69 Å². The zero-order valence-electron chi connectivity index (χ0n) is 11.0. The summed E-state index contributed by atoms with van der Waals surface area (Å²) in [6, 6.07) is 2.16. The first kappa shape index (κ1) is 12.3. The number of nitrogens with one attached hydrogen (secondary N) is 1. The molecule has 0 bridgehead atoms. The molecule has 19 heavy (non-hydrogen) atoms. The first-order valence-electron chi connectivity index (χ1n) is 6.74. The number of nitrogens with zero attached hydrogens (tertiary/aromatic N) is 3. The topological polar surface area (TPSA) is 71.3 Å². The molecule has 2 saturated heterocycles. The van der Waals surface area contributed by atoms with Gasteiger partial charge < -0.3 is 10.2 Å². The number of pyridine rings is 1. The Balaban J connectivity index is 1.81. The maximum Gasteiger partial charge on any atom is 0.287 e. The molecule has 6 heteroatoms. The van der Waals surface area contributed by atoms with Crippen molar-refractivity contribution in [3.8, 4) is 0 Å². The van der Waals surface area contributed by atoms with Gasteiger partial charge in [0.05, 0.1) is 4.92 Å².